The van der Waals surface area contributed by atoms with E-state index in [1.807, 2.05) is 24.3 Å². The molecule has 5 heteroatoms. The second-order valence-corrected chi connectivity index (χ2v) is 4.62. The van der Waals surface area contributed by atoms with Crippen molar-refractivity contribution < 1.29 is 9.84 Å². The molecule has 1 saturated heterocycles. The van der Waals surface area contributed by atoms with Crippen LogP contribution in [0.4, 0.5) is 5.82 Å². The van der Waals surface area contributed by atoms with Gasteiger partial charge in [-0.3, -0.25) is 0 Å². The van der Waals surface area contributed by atoms with Crippen molar-refractivity contribution in [2.24, 2.45) is 0 Å². The SMILES string of the molecule is OC1(CNc2ncnc3ccccc23)CCOC1. The van der Waals surface area contributed by atoms with E-state index >= 15 is 0 Å². The fourth-order valence-electron chi connectivity index (χ4n) is 2.13. The average molecular weight is 245 g/mol. The van der Waals surface area contributed by atoms with Crippen LogP contribution in [0.5, 0.6) is 0 Å². The maximum atomic E-state index is 10.2. The molecule has 18 heavy (non-hydrogen) atoms. The molecule has 94 valence electrons. The summed E-state index contributed by atoms with van der Waals surface area (Å²) in [5.41, 5.74) is 0.108. The number of fused-ring (bicyclic) bond motifs is 1. The van der Waals surface area contributed by atoms with E-state index in [0.29, 0.717) is 26.2 Å². The summed E-state index contributed by atoms with van der Waals surface area (Å²) >= 11 is 0. The highest BCUT2D eigenvalue weighted by molar-refractivity contribution is 5.88. The summed E-state index contributed by atoms with van der Waals surface area (Å²) in [5.74, 6) is 0.751. The Hall–Kier alpha value is -1.72. The lowest BCUT2D eigenvalue weighted by atomic mass is 10.0. The van der Waals surface area contributed by atoms with Crippen molar-refractivity contribution in [3.63, 3.8) is 0 Å². The van der Waals surface area contributed by atoms with Crippen LogP contribution in [0.1, 0.15) is 6.42 Å². The van der Waals surface area contributed by atoms with E-state index in [0.717, 1.165) is 16.7 Å². The molecule has 1 unspecified atom stereocenters. The highest BCUT2D eigenvalue weighted by Crippen LogP contribution is 2.22. The van der Waals surface area contributed by atoms with Gasteiger partial charge in [-0.05, 0) is 12.1 Å². The van der Waals surface area contributed by atoms with Gasteiger partial charge in [-0.25, -0.2) is 9.97 Å². The minimum Gasteiger partial charge on any atom is -0.386 e. The van der Waals surface area contributed by atoms with Gasteiger partial charge in [0.2, 0.25) is 0 Å². The number of aromatic nitrogens is 2. The highest BCUT2D eigenvalue weighted by Gasteiger charge is 2.32. The van der Waals surface area contributed by atoms with Crippen molar-refractivity contribution in [3.8, 4) is 0 Å². The Morgan fingerprint density at radius 1 is 1.33 bits per heavy atom. The molecule has 2 aromatic rings. The van der Waals surface area contributed by atoms with Crippen LogP contribution < -0.4 is 5.32 Å². The molecule has 1 aromatic heterocycles. The van der Waals surface area contributed by atoms with Gasteiger partial charge in [0.25, 0.3) is 0 Å². The lowest BCUT2D eigenvalue weighted by Crippen LogP contribution is -2.37. The molecule has 0 bridgehead atoms. The van der Waals surface area contributed by atoms with Crippen molar-refractivity contribution in [2.75, 3.05) is 25.1 Å². The van der Waals surface area contributed by atoms with Crippen LogP contribution in [0.3, 0.4) is 0 Å². The Morgan fingerprint density at radius 3 is 3.06 bits per heavy atom. The van der Waals surface area contributed by atoms with Crippen LogP contribution in [0.15, 0.2) is 30.6 Å². The number of ether oxygens (including phenoxy) is 1. The summed E-state index contributed by atoms with van der Waals surface area (Å²) in [6, 6.07) is 7.80. The number of hydrogen-bond donors (Lipinski definition) is 2. The first kappa shape index (κ1) is 11.4. The summed E-state index contributed by atoms with van der Waals surface area (Å²) in [7, 11) is 0. The van der Waals surface area contributed by atoms with Gasteiger partial charge in [0.1, 0.15) is 17.7 Å². The molecule has 2 N–H and O–H groups in total. The Labute approximate surface area is 105 Å². The molecule has 0 spiro atoms. The molecule has 5 nitrogen and oxygen atoms in total. The molecule has 1 fully saturated rings. The van der Waals surface area contributed by atoms with E-state index < -0.39 is 5.60 Å². The summed E-state index contributed by atoms with van der Waals surface area (Å²) in [4.78, 5) is 8.43. The van der Waals surface area contributed by atoms with E-state index in [4.69, 9.17) is 4.74 Å². The minimum atomic E-state index is -0.786. The third kappa shape index (κ3) is 2.14. The Balaban J connectivity index is 1.82. The first-order valence-corrected chi connectivity index (χ1v) is 6.01. The van der Waals surface area contributed by atoms with E-state index in [-0.39, 0.29) is 0 Å². The number of anilines is 1. The Bertz CT molecular complexity index is 547. The van der Waals surface area contributed by atoms with Crippen LogP contribution in [-0.2, 0) is 4.74 Å². The molecular weight excluding hydrogens is 230 g/mol. The predicted octanol–water partition coefficient (Wildman–Crippen LogP) is 1.19. The largest absolute Gasteiger partial charge is 0.386 e. The molecule has 0 amide bonds. The van der Waals surface area contributed by atoms with Crippen molar-refractivity contribution in [3.05, 3.63) is 30.6 Å². The summed E-state index contributed by atoms with van der Waals surface area (Å²) in [6.45, 7) is 1.43. The zero-order valence-electron chi connectivity index (χ0n) is 9.97. The summed E-state index contributed by atoms with van der Waals surface area (Å²) < 4.78 is 5.21. The highest BCUT2D eigenvalue weighted by atomic mass is 16.5. The standard InChI is InChI=1S/C13H15N3O2/c17-13(5-6-18-8-13)7-14-12-10-3-1-2-4-11(10)15-9-16-12/h1-4,9,17H,5-8H2,(H,14,15,16). The number of hydrogen-bond acceptors (Lipinski definition) is 5. The fraction of sp³-hybridized carbons (Fsp3) is 0.385. The van der Waals surface area contributed by atoms with Gasteiger partial charge >= 0.3 is 0 Å². The van der Waals surface area contributed by atoms with Crippen LogP contribution in [-0.4, -0.2) is 40.4 Å². The maximum absolute atomic E-state index is 10.2. The van der Waals surface area contributed by atoms with Crippen molar-refractivity contribution >= 4 is 16.7 Å². The van der Waals surface area contributed by atoms with Crippen LogP contribution >= 0.6 is 0 Å². The third-order valence-electron chi connectivity index (χ3n) is 3.21. The van der Waals surface area contributed by atoms with Gasteiger partial charge in [-0.1, -0.05) is 12.1 Å². The first-order chi connectivity index (χ1) is 8.77. The zero-order chi connectivity index (χ0) is 12.4. The Kier molecular flexibility index (Phi) is 2.85. The summed E-state index contributed by atoms with van der Waals surface area (Å²) in [6.07, 6.45) is 2.18. The van der Waals surface area contributed by atoms with Crippen molar-refractivity contribution in [1.82, 2.24) is 9.97 Å². The second kappa shape index (κ2) is 4.51. The maximum Gasteiger partial charge on any atom is 0.137 e. The number of nitrogens with zero attached hydrogens (tertiary/aromatic N) is 2. The molecule has 1 atom stereocenters. The van der Waals surface area contributed by atoms with Crippen LogP contribution in [0.2, 0.25) is 0 Å². The van der Waals surface area contributed by atoms with Gasteiger partial charge in [0.15, 0.2) is 0 Å². The number of para-hydroxylation sites is 1. The van der Waals surface area contributed by atoms with E-state index in [9.17, 15) is 5.11 Å². The van der Waals surface area contributed by atoms with E-state index in [1.165, 1.54) is 6.33 Å². The number of nitrogens with one attached hydrogen (secondary N) is 1. The molecular formula is C13H15N3O2. The number of rotatable bonds is 3. The van der Waals surface area contributed by atoms with Gasteiger partial charge < -0.3 is 15.2 Å². The molecule has 1 aromatic carbocycles. The average Bonchev–Trinajstić information content (AvgIpc) is 2.84. The molecule has 1 aliphatic heterocycles. The van der Waals surface area contributed by atoms with Gasteiger partial charge in [0, 0.05) is 25.0 Å². The quantitative estimate of drug-likeness (QED) is 0.850. The van der Waals surface area contributed by atoms with Gasteiger partial charge in [-0.2, -0.15) is 0 Å². The number of benzene rings is 1. The third-order valence-corrected chi connectivity index (χ3v) is 3.21. The monoisotopic (exact) mass is 245 g/mol. The fourth-order valence-corrected chi connectivity index (χ4v) is 2.13. The van der Waals surface area contributed by atoms with Crippen LogP contribution in [0, 0.1) is 0 Å². The predicted molar refractivity (Wildman–Crippen MR) is 68.4 cm³/mol. The smallest absolute Gasteiger partial charge is 0.137 e. The van der Waals surface area contributed by atoms with E-state index in [2.05, 4.69) is 15.3 Å². The molecule has 0 aliphatic carbocycles. The van der Waals surface area contributed by atoms with Crippen LogP contribution in [0.25, 0.3) is 10.9 Å². The van der Waals surface area contributed by atoms with Crippen molar-refractivity contribution in [1.29, 1.82) is 0 Å². The normalized spacial score (nSPS) is 23.4. The number of aliphatic hydroxyl groups is 1. The molecule has 2 heterocycles. The Morgan fingerprint density at radius 2 is 2.22 bits per heavy atom. The second-order valence-electron chi connectivity index (χ2n) is 4.62. The summed E-state index contributed by atoms with van der Waals surface area (Å²) in [5, 5.41) is 14.3. The molecule has 3 rings (SSSR count). The van der Waals surface area contributed by atoms with E-state index in [1.54, 1.807) is 0 Å². The lowest BCUT2D eigenvalue weighted by Gasteiger charge is -2.21. The lowest BCUT2D eigenvalue weighted by molar-refractivity contribution is 0.0381. The molecule has 0 saturated carbocycles. The van der Waals surface area contributed by atoms with Gasteiger partial charge in [-0.15, -0.1) is 0 Å². The first-order valence-electron chi connectivity index (χ1n) is 6.01. The zero-order valence-corrected chi connectivity index (χ0v) is 9.97. The topological polar surface area (TPSA) is 67.3 Å². The van der Waals surface area contributed by atoms with Crippen molar-refractivity contribution in [2.45, 2.75) is 12.0 Å². The van der Waals surface area contributed by atoms with Gasteiger partial charge in [0.05, 0.1) is 12.1 Å². The molecule has 1 aliphatic rings. The minimum absolute atomic E-state index is 0.378. The molecule has 0 radical (unpaired) electrons.